The number of aromatic nitrogens is 3. The van der Waals surface area contributed by atoms with Gasteiger partial charge in [0.05, 0.1) is 12.4 Å². The number of halogens is 1. The van der Waals surface area contributed by atoms with Gasteiger partial charge in [0.25, 0.3) is 0 Å². The van der Waals surface area contributed by atoms with Gasteiger partial charge in [-0.1, -0.05) is 16.8 Å². The number of nitrogens with zero attached hydrogens (tertiary/aromatic N) is 4. The second-order valence-corrected chi connectivity index (χ2v) is 5.66. The number of anilines is 2. The summed E-state index contributed by atoms with van der Waals surface area (Å²) in [4.78, 5) is 22.6. The molecule has 0 atom stereocenters. The van der Waals surface area contributed by atoms with E-state index in [0.29, 0.717) is 16.7 Å². The molecule has 1 fully saturated rings. The standard InChI is InChI=1S/C14H16ClN5O2/c1-9-6-12(19-22-9)18-14(21)10-2-4-20(5-3-10)13-8-16-7-11(15)17-13/h6-8,10H,2-5H2,1H3,(H,18,19,21). The van der Waals surface area contributed by atoms with Crippen molar-refractivity contribution in [3.8, 4) is 0 Å². The highest BCUT2D eigenvalue weighted by molar-refractivity contribution is 6.29. The van der Waals surface area contributed by atoms with Crippen molar-refractivity contribution in [3.63, 3.8) is 0 Å². The van der Waals surface area contributed by atoms with E-state index in [4.69, 9.17) is 16.1 Å². The van der Waals surface area contributed by atoms with E-state index in [2.05, 4.69) is 25.3 Å². The third-order valence-electron chi connectivity index (χ3n) is 3.66. The lowest BCUT2D eigenvalue weighted by Gasteiger charge is -2.31. The first-order valence-corrected chi connectivity index (χ1v) is 7.46. The first kappa shape index (κ1) is 14.8. The van der Waals surface area contributed by atoms with Gasteiger partial charge in [-0.05, 0) is 19.8 Å². The molecule has 1 amide bonds. The monoisotopic (exact) mass is 321 g/mol. The van der Waals surface area contributed by atoms with Crippen molar-refractivity contribution in [2.45, 2.75) is 19.8 Å². The Kier molecular flexibility index (Phi) is 4.24. The number of aryl methyl sites for hydroxylation is 1. The Hall–Kier alpha value is -2.15. The number of carbonyl (C=O) groups excluding carboxylic acids is 1. The normalized spacial score (nSPS) is 15.8. The fraction of sp³-hybridized carbons (Fsp3) is 0.429. The van der Waals surface area contributed by atoms with Gasteiger partial charge >= 0.3 is 0 Å². The van der Waals surface area contributed by atoms with Gasteiger partial charge in [-0.3, -0.25) is 9.78 Å². The molecule has 0 unspecified atom stereocenters. The lowest BCUT2D eigenvalue weighted by Crippen LogP contribution is -2.38. The summed E-state index contributed by atoms with van der Waals surface area (Å²) in [6.07, 6.45) is 4.68. The molecule has 2 aromatic heterocycles. The lowest BCUT2D eigenvalue weighted by molar-refractivity contribution is -0.120. The van der Waals surface area contributed by atoms with Crippen molar-refractivity contribution in [3.05, 3.63) is 29.4 Å². The Morgan fingerprint density at radius 3 is 2.82 bits per heavy atom. The molecule has 1 saturated heterocycles. The van der Waals surface area contributed by atoms with Crippen LogP contribution in [0.25, 0.3) is 0 Å². The molecule has 2 aromatic rings. The van der Waals surface area contributed by atoms with E-state index < -0.39 is 0 Å². The maximum absolute atomic E-state index is 12.2. The molecule has 0 spiro atoms. The maximum atomic E-state index is 12.2. The summed E-state index contributed by atoms with van der Waals surface area (Å²) in [6.45, 7) is 3.27. The fourth-order valence-electron chi connectivity index (χ4n) is 2.51. The van der Waals surface area contributed by atoms with Gasteiger partial charge in [-0.15, -0.1) is 0 Å². The van der Waals surface area contributed by atoms with Gasteiger partial charge < -0.3 is 14.7 Å². The third-order valence-corrected chi connectivity index (χ3v) is 3.84. The number of hydrogen-bond donors (Lipinski definition) is 1. The lowest BCUT2D eigenvalue weighted by atomic mass is 9.96. The minimum absolute atomic E-state index is 0.0230. The SMILES string of the molecule is Cc1cc(NC(=O)C2CCN(c3cncc(Cl)n3)CC2)no1. The van der Waals surface area contributed by atoms with Crippen molar-refractivity contribution in [1.82, 2.24) is 15.1 Å². The van der Waals surface area contributed by atoms with Crippen molar-refractivity contribution in [1.29, 1.82) is 0 Å². The summed E-state index contributed by atoms with van der Waals surface area (Å²) in [5.74, 6) is 1.82. The van der Waals surface area contributed by atoms with E-state index in [-0.39, 0.29) is 11.8 Å². The van der Waals surface area contributed by atoms with Crippen LogP contribution in [-0.2, 0) is 4.79 Å². The second-order valence-electron chi connectivity index (χ2n) is 5.27. The van der Waals surface area contributed by atoms with Gasteiger partial charge in [-0.2, -0.15) is 0 Å². The van der Waals surface area contributed by atoms with Crippen molar-refractivity contribution in [2.75, 3.05) is 23.3 Å². The van der Waals surface area contributed by atoms with Gasteiger partial charge in [0.1, 0.15) is 16.7 Å². The predicted octanol–water partition coefficient (Wildman–Crippen LogP) is 2.28. The Labute approximate surface area is 132 Å². The van der Waals surface area contributed by atoms with Gasteiger partial charge in [0, 0.05) is 25.1 Å². The molecule has 0 bridgehead atoms. The number of carbonyl (C=O) groups is 1. The summed E-state index contributed by atoms with van der Waals surface area (Å²) in [6, 6.07) is 1.70. The van der Waals surface area contributed by atoms with Crippen LogP contribution in [0.15, 0.2) is 23.0 Å². The van der Waals surface area contributed by atoms with Crippen molar-refractivity contribution < 1.29 is 9.32 Å². The van der Waals surface area contributed by atoms with Crippen molar-refractivity contribution >= 4 is 29.1 Å². The fourth-order valence-corrected chi connectivity index (χ4v) is 2.65. The molecule has 1 N–H and O–H groups in total. The summed E-state index contributed by atoms with van der Waals surface area (Å²) >= 11 is 5.86. The molecule has 116 valence electrons. The molecular formula is C14H16ClN5O2. The quantitative estimate of drug-likeness (QED) is 0.933. The Morgan fingerprint density at radius 2 is 2.18 bits per heavy atom. The largest absolute Gasteiger partial charge is 0.360 e. The first-order valence-electron chi connectivity index (χ1n) is 7.08. The van der Waals surface area contributed by atoms with Crippen molar-refractivity contribution in [2.24, 2.45) is 5.92 Å². The number of piperidine rings is 1. The van der Waals surface area contributed by atoms with Gasteiger partial charge in [-0.25, -0.2) is 4.98 Å². The third kappa shape index (κ3) is 3.36. The number of nitrogens with one attached hydrogen (secondary N) is 1. The van der Waals surface area contributed by atoms with Crippen LogP contribution in [0.2, 0.25) is 5.15 Å². The zero-order valence-corrected chi connectivity index (χ0v) is 12.9. The predicted molar refractivity (Wildman–Crippen MR) is 81.8 cm³/mol. The Morgan fingerprint density at radius 1 is 1.41 bits per heavy atom. The zero-order chi connectivity index (χ0) is 15.5. The van der Waals surface area contributed by atoms with Crippen LogP contribution in [-0.4, -0.2) is 34.1 Å². The molecule has 22 heavy (non-hydrogen) atoms. The van der Waals surface area contributed by atoms with E-state index in [1.54, 1.807) is 19.2 Å². The highest BCUT2D eigenvalue weighted by Gasteiger charge is 2.26. The molecule has 1 aliphatic rings. The summed E-state index contributed by atoms with van der Waals surface area (Å²) in [7, 11) is 0. The minimum Gasteiger partial charge on any atom is -0.360 e. The molecule has 8 heteroatoms. The minimum atomic E-state index is -0.0413. The van der Waals surface area contributed by atoms with Crippen LogP contribution < -0.4 is 10.2 Å². The molecule has 3 heterocycles. The average molecular weight is 322 g/mol. The van der Waals surface area contributed by atoms with Crippen LogP contribution in [0.4, 0.5) is 11.6 Å². The van der Waals surface area contributed by atoms with Gasteiger partial charge in [0.2, 0.25) is 5.91 Å². The maximum Gasteiger partial charge on any atom is 0.228 e. The smallest absolute Gasteiger partial charge is 0.228 e. The summed E-state index contributed by atoms with van der Waals surface area (Å²) in [5, 5.41) is 6.93. The van der Waals surface area contributed by atoms with Crippen LogP contribution in [0, 0.1) is 12.8 Å². The van der Waals surface area contributed by atoms with Crippen LogP contribution in [0.5, 0.6) is 0 Å². The Balaban J connectivity index is 1.56. The van der Waals surface area contributed by atoms with Crippen LogP contribution in [0.3, 0.4) is 0 Å². The van der Waals surface area contributed by atoms with Crippen LogP contribution >= 0.6 is 11.6 Å². The van der Waals surface area contributed by atoms with E-state index in [0.717, 1.165) is 31.7 Å². The highest BCUT2D eigenvalue weighted by Crippen LogP contribution is 2.23. The molecule has 0 aliphatic carbocycles. The Bertz CT molecular complexity index is 667. The molecule has 0 saturated carbocycles. The molecular weight excluding hydrogens is 306 g/mol. The molecule has 1 aliphatic heterocycles. The van der Waals surface area contributed by atoms with E-state index in [1.165, 1.54) is 6.20 Å². The van der Waals surface area contributed by atoms with E-state index in [9.17, 15) is 4.79 Å². The van der Waals surface area contributed by atoms with Crippen LogP contribution in [0.1, 0.15) is 18.6 Å². The zero-order valence-electron chi connectivity index (χ0n) is 12.1. The topological polar surface area (TPSA) is 84.2 Å². The molecule has 0 aromatic carbocycles. The van der Waals surface area contributed by atoms with Gasteiger partial charge in [0.15, 0.2) is 5.82 Å². The molecule has 7 nitrogen and oxygen atoms in total. The second kappa shape index (κ2) is 6.31. The summed E-state index contributed by atoms with van der Waals surface area (Å²) in [5.41, 5.74) is 0. The van der Waals surface area contributed by atoms with E-state index in [1.807, 2.05) is 0 Å². The number of hydrogen-bond acceptors (Lipinski definition) is 6. The number of rotatable bonds is 3. The van der Waals surface area contributed by atoms with E-state index >= 15 is 0 Å². The average Bonchev–Trinajstić information content (AvgIpc) is 2.92. The molecule has 3 rings (SSSR count). The summed E-state index contributed by atoms with van der Waals surface area (Å²) < 4.78 is 4.94. The first-order chi connectivity index (χ1) is 10.6. The number of amides is 1. The molecule has 0 radical (unpaired) electrons. The highest BCUT2D eigenvalue weighted by atomic mass is 35.5.